The molecule has 0 aliphatic carbocycles. The fourth-order valence-electron chi connectivity index (χ4n) is 2.26. The first-order chi connectivity index (χ1) is 11.5. The fourth-order valence-corrected chi connectivity index (χ4v) is 2.37. The molecule has 0 radical (unpaired) electrons. The molecule has 0 fully saturated rings. The molecule has 0 spiro atoms. The standard InChI is InChI=1S/C21H44ClNO3/c1-16(20(7,8)23-14-17(24)13-22)15-26-21(9,10)19(5,6)11-12-25-18(2,3)4/h16-17,23-24H,11-15H2,1-10H3. The SMILES string of the molecule is CC(COC(C)(C)C(C)(C)CCOC(C)(C)C)C(C)(C)NCC(O)CCl. The molecule has 26 heavy (non-hydrogen) atoms. The summed E-state index contributed by atoms with van der Waals surface area (Å²) in [5.74, 6) is 0.525. The van der Waals surface area contributed by atoms with Crippen molar-refractivity contribution < 1.29 is 14.6 Å². The number of β-amino-alcohol motifs (C(OH)–C–C–N with tert-alkyl or cyclic N) is 1. The Bertz CT molecular complexity index is 403. The van der Waals surface area contributed by atoms with E-state index in [0.717, 1.165) is 13.0 Å². The van der Waals surface area contributed by atoms with Crippen molar-refractivity contribution in [3.8, 4) is 0 Å². The molecule has 0 heterocycles. The summed E-state index contributed by atoms with van der Waals surface area (Å²) in [6, 6.07) is 0. The van der Waals surface area contributed by atoms with Gasteiger partial charge in [-0.2, -0.15) is 0 Å². The number of aliphatic hydroxyl groups is 1. The van der Waals surface area contributed by atoms with E-state index in [4.69, 9.17) is 21.1 Å². The number of aliphatic hydroxyl groups excluding tert-OH is 1. The monoisotopic (exact) mass is 393 g/mol. The third kappa shape index (κ3) is 9.36. The second-order valence-corrected chi connectivity index (χ2v) is 10.5. The van der Waals surface area contributed by atoms with Crippen LogP contribution in [0, 0.1) is 11.3 Å². The lowest BCUT2D eigenvalue weighted by atomic mass is 9.74. The van der Waals surface area contributed by atoms with E-state index in [1.165, 1.54) is 0 Å². The van der Waals surface area contributed by atoms with Crippen molar-refractivity contribution in [3.63, 3.8) is 0 Å². The zero-order valence-corrected chi connectivity index (χ0v) is 19.6. The molecule has 0 bridgehead atoms. The normalized spacial score (nSPS) is 16.6. The zero-order chi connectivity index (χ0) is 20.8. The van der Waals surface area contributed by atoms with Crippen LogP contribution in [0.15, 0.2) is 0 Å². The molecule has 0 saturated heterocycles. The molecule has 0 aromatic rings. The molecule has 0 rings (SSSR count). The second-order valence-electron chi connectivity index (χ2n) is 10.2. The first-order valence-electron chi connectivity index (χ1n) is 9.81. The highest BCUT2D eigenvalue weighted by Crippen LogP contribution is 2.38. The molecule has 0 aliphatic rings. The Morgan fingerprint density at radius 1 is 0.962 bits per heavy atom. The highest BCUT2D eigenvalue weighted by molar-refractivity contribution is 6.18. The number of hydrogen-bond donors (Lipinski definition) is 2. The molecule has 0 aromatic carbocycles. The lowest BCUT2D eigenvalue weighted by molar-refractivity contribution is -0.127. The number of hydrogen-bond acceptors (Lipinski definition) is 4. The van der Waals surface area contributed by atoms with Crippen LogP contribution in [-0.2, 0) is 9.47 Å². The number of nitrogens with one attached hydrogen (secondary N) is 1. The average Bonchev–Trinajstić information content (AvgIpc) is 2.48. The summed E-state index contributed by atoms with van der Waals surface area (Å²) >= 11 is 5.68. The van der Waals surface area contributed by atoms with Crippen molar-refractivity contribution >= 4 is 11.6 Å². The summed E-state index contributed by atoms with van der Waals surface area (Å²) in [5.41, 5.74) is -0.542. The molecule has 2 atom stereocenters. The van der Waals surface area contributed by atoms with Gasteiger partial charge in [-0.05, 0) is 66.2 Å². The lowest BCUT2D eigenvalue weighted by Gasteiger charge is -2.44. The predicted molar refractivity (Wildman–Crippen MR) is 112 cm³/mol. The topological polar surface area (TPSA) is 50.7 Å². The molecular weight excluding hydrogens is 350 g/mol. The highest BCUT2D eigenvalue weighted by atomic mass is 35.5. The van der Waals surface area contributed by atoms with Crippen molar-refractivity contribution in [1.29, 1.82) is 0 Å². The minimum absolute atomic E-state index is 0.00956. The van der Waals surface area contributed by atoms with Crippen LogP contribution in [0.3, 0.4) is 0 Å². The Morgan fingerprint density at radius 2 is 1.50 bits per heavy atom. The van der Waals surface area contributed by atoms with Crippen LogP contribution >= 0.6 is 11.6 Å². The quantitative estimate of drug-likeness (QED) is 0.475. The predicted octanol–water partition coefficient (Wildman–Crippen LogP) is 4.62. The van der Waals surface area contributed by atoms with Crippen LogP contribution < -0.4 is 5.32 Å². The van der Waals surface area contributed by atoms with Crippen molar-refractivity contribution in [3.05, 3.63) is 0 Å². The van der Waals surface area contributed by atoms with Gasteiger partial charge in [0, 0.05) is 24.6 Å². The maximum atomic E-state index is 9.67. The molecular formula is C21H44ClNO3. The van der Waals surface area contributed by atoms with Gasteiger partial charge in [0.05, 0.1) is 23.9 Å². The Morgan fingerprint density at radius 3 is 1.96 bits per heavy atom. The maximum absolute atomic E-state index is 9.67. The first-order valence-corrected chi connectivity index (χ1v) is 10.3. The van der Waals surface area contributed by atoms with E-state index in [-0.39, 0.29) is 34.0 Å². The molecule has 0 amide bonds. The fraction of sp³-hybridized carbons (Fsp3) is 1.00. The number of alkyl halides is 1. The van der Waals surface area contributed by atoms with Gasteiger partial charge in [-0.15, -0.1) is 11.6 Å². The van der Waals surface area contributed by atoms with E-state index in [1.54, 1.807) is 0 Å². The van der Waals surface area contributed by atoms with Gasteiger partial charge in [-0.1, -0.05) is 20.8 Å². The van der Waals surface area contributed by atoms with Crippen LogP contribution in [0.25, 0.3) is 0 Å². The van der Waals surface area contributed by atoms with E-state index in [2.05, 4.69) is 74.6 Å². The Balaban J connectivity index is 4.63. The first kappa shape index (κ1) is 26.1. The second kappa shape index (κ2) is 10.1. The van der Waals surface area contributed by atoms with Crippen LogP contribution in [0.5, 0.6) is 0 Å². The average molecular weight is 394 g/mol. The van der Waals surface area contributed by atoms with Gasteiger partial charge in [-0.3, -0.25) is 0 Å². The molecule has 0 aliphatic heterocycles. The molecule has 4 nitrogen and oxygen atoms in total. The van der Waals surface area contributed by atoms with Gasteiger partial charge in [0.25, 0.3) is 0 Å². The maximum Gasteiger partial charge on any atom is 0.0799 e. The van der Waals surface area contributed by atoms with E-state index in [9.17, 15) is 5.11 Å². The largest absolute Gasteiger partial charge is 0.391 e. The Hall–Kier alpha value is 0.130. The third-order valence-corrected chi connectivity index (χ3v) is 6.15. The van der Waals surface area contributed by atoms with Crippen LogP contribution in [0.4, 0.5) is 0 Å². The summed E-state index contributed by atoms with van der Waals surface area (Å²) in [7, 11) is 0. The zero-order valence-electron chi connectivity index (χ0n) is 18.8. The van der Waals surface area contributed by atoms with Gasteiger partial charge < -0.3 is 19.9 Å². The molecule has 0 aromatic heterocycles. The minimum atomic E-state index is -0.526. The van der Waals surface area contributed by atoms with E-state index in [1.807, 2.05) is 0 Å². The molecule has 2 unspecified atom stereocenters. The number of halogens is 1. The minimum Gasteiger partial charge on any atom is -0.391 e. The molecule has 158 valence electrons. The van der Waals surface area contributed by atoms with Crippen molar-refractivity contribution in [2.24, 2.45) is 11.3 Å². The van der Waals surface area contributed by atoms with Crippen LogP contribution in [0.2, 0.25) is 0 Å². The van der Waals surface area contributed by atoms with Crippen molar-refractivity contribution in [2.45, 2.75) is 98.5 Å². The van der Waals surface area contributed by atoms with E-state index in [0.29, 0.717) is 13.2 Å². The van der Waals surface area contributed by atoms with Gasteiger partial charge in [0.1, 0.15) is 0 Å². The van der Waals surface area contributed by atoms with Crippen LogP contribution in [0.1, 0.15) is 75.7 Å². The third-order valence-electron chi connectivity index (χ3n) is 5.79. The van der Waals surface area contributed by atoms with Crippen LogP contribution in [-0.4, -0.2) is 53.6 Å². The highest BCUT2D eigenvalue weighted by Gasteiger charge is 2.39. The van der Waals surface area contributed by atoms with E-state index >= 15 is 0 Å². The number of ether oxygens (including phenoxy) is 2. The van der Waals surface area contributed by atoms with Gasteiger partial charge in [0.2, 0.25) is 0 Å². The van der Waals surface area contributed by atoms with Crippen molar-refractivity contribution in [1.82, 2.24) is 5.32 Å². The van der Waals surface area contributed by atoms with Gasteiger partial charge >= 0.3 is 0 Å². The smallest absolute Gasteiger partial charge is 0.0799 e. The summed E-state index contributed by atoms with van der Waals surface area (Å²) in [5, 5.41) is 13.1. The van der Waals surface area contributed by atoms with E-state index < -0.39 is 6.10 Å². The Kier molecular flexibility index (Phi) is 10.1. The summed E-state index contributed by atoms with van der Waals surface area (Å²) in [6.45, 7) is 23.4. The summed E-state index contributed by atoms with van der Waals surface area (Å²) in [6.07, 6.45) is 0.414. The summed E-state index contributed by atoms with van der Waals surface area (Å²) < 4.78 is 12.3. The Labute approximate surface area is 167 Å². The van der Waals surface area contributed by atoms with Gasteiger partial charge in [-0.25, -0.2) is 0 Å². The number of rotatable bonds is 12. The van der Waals surface area contributed by atoms with Gasteiger partial charge in [0.15, 0.2) is 0 Å². The molecule has 5 heteroatoms. The van der Waals surface area contributed by atoms with Crippen molar-refractivity contribution in [2.75, 3.05) is 25.6 Å². The molecule has 0 saturated carbocycles. The summed E-state index contributed by atoms with van der Waals surface area (Å²) in [4.78, 5) is 0. The lowest BCUT2D eigenvalue weighted by Crippen LogP contribution is -2.51. The molecule has 2 N–H and O–H groups in total.